The molecule has 0 atom stereocenters. The van der Waals surface area contributed by atoms with Gasteiger partial charge in [-0.05, 0) is 50.3 Å². The second-order valence-corrected chi connectivity index (χ2v) is 5.37. The van der Waals surface area contributed by atoms with E-state index in [1.807, 2.05) is 54.9 Å². The maximum absolute atomic E-state index is 5.94. The minimum absolute atomic E-state index is 0.716. The van der Waals surface area contributed by atoms with Crippen LogP contribution < -0.4 is 0 Å². The van der Waals surface area contributed by atoms with Crippen molar-refractivity contribution in [3.8, 4) is 5.69 Å². The predicted octanol–water partition coefficient (Wildman–Crippen LogP) is 4.10. The molecule has 1 aromatic carbocycles. The molecule has 2 heterocycles. The van der Waals surface area contributed by atoms with Gasteiger partial charge >= 0.3 is 0 Å². The molecular weight excluding hydrogens is 296 g/mol. The minimum atomic E-state index is 0.716. The molecule has 0 saturated heterocycles. The summed E-state index contributed by atoms with van der Waals surface area (Å²) < 4.78 is 1.92. The molecule has 0 radical (unpaired) electrons. The Labute approximate surface area is 134 Å². The van der Waals surface area contributed by atoms with Crippen LogP contribution in [0, 0.1) is 13.8 Å². The Morgan fingerprint density at radius 3 is 2.50 bits per heavy atom. The highest BCUT2D eigenvalue weighted by molar-refractivity contribution is 6.30. The van der Waals surface area contributed by atoms with E-state index in [2.05, 4.69) is 15.1 Å². The highest BCUT2D eigenvalue weighted by Gasteiger charge is 2.10. The molecule has 0 N–H and O–H groups in total. The summed E-state index contributed by atoms with van der Waals surface area (Å²) in [7, 11) is 0. The third-order valence-electron chi connectivity index (χ3n) is 3.42. The van der Waals surface area contributed by atoms with Gasteiger partial charge in [0, 0.05) is 28.7 Å². The van der Waals surface area contributed by atoms with Gasteiger partial charge in [-0.3, -0.25) is 9.97 Å². The van der Waals surface area contributed by atoms with Crippen molar-refractivity contribution in [2.75, 3.05) is 0 Å². The molecular formula is C17H15ClN4. The minimum Gasteiger partial charge on any atom is -0.261 e. The van der Waals surface area contributed by atoms with Gasteiger partial charge < -0.3 is 0 Å². The van der Waals surface area contributed by atoms with E-state index in [4.69, 9.17) is 11.6 Å². The van der Waals surface area contributed by atoms with E-state index in [1.165, 1.54) is 0 Å². The first-order valence-electron chi connectivity index (χ1n) is 6.91. The first kappa shape index (κ1) is 14.5. The van der Waals surface area contributed by atoms with Crippen LogP contribution in [0.3, 0.4) is 0 Å². The molecule has 0 amide bonds. The van der Waals surface area contributed by atoms with Crippen LogP contribution in [0.4, 0.5) is 0 Å². The Bertz CT molecular complexity index is 805. The number of benzene rings is 1. The molecule has 5 heteroatoms. The van der Waals surface area contributed by atoms with E-state index < -0.39 is 0 Å². The number of nitrogens with zero attached hydrogens (tertiary/aromatic N) is 4. The van der Waals surface area contributed by atoms with E-state index in [0.29, 0.717) is 5.02 Å². The number of hydrogen-bond donors (Lipinski definition) is 0. The van der Waals surface area contributed by atoms with Crippen molar-refractivity contribution < 1.29 is 0 Å². The first-order valence-corrected chi connectivity index (χ1v) is 7.29. The first-order chi connectivity index (χ1) is 10.6. The fourth-order valence-corrected chi connectivity index (χ4v) is 2.42. The summed E-state index contributed by atoms with van der Waals surface area (Å²) in [4.78, 5) is 8.29. The highest BCUT2D eigenvalue weighted by Crippen LogP contribution is 2.21. The summed E-state index contributed by atoms with van der Waals surface area (Å²) >= 11 is 5.94. The Kier molecular flexibility index (Phi) is 4.02. The largest absolute Gasteiger partial charge is 0.261 e. The Balaban J connectivity index is 1.97. The lowest BCUT2D eigenvalue weighted by atomic mass is 10.1. The van der Waals surface area contributed by atoms with E-state index in [9.17, 15) is 0 Å². The van der Waals surface area contributed by atoms with Crippen molar-refractivity contribution >= 4 is 23.8 Å². The quantitative estimate of drug-likeness (QED) is 0.731. The van der Waals surface area contributed by atoms with Gasteiger partial charge in [0.1, 0.15) is 0 Å². The van der Waals surface area contributed by atoms with Crippen LogP contribution >= 0.6 is 11.6 Å². The lowest BCUT2D eigenvalue weighted by molar-refractivity contribution is 0.833. The number of halogens is 1. The molecule has 0 bridgehead atoms. The molecule has 0 unspecified atom stereocenters. The number of hydrogen-bond acceptors (Lipinski definition) is 3. The van der Waals surface area contributed by atoms with Crippen LogP contribution in [-0.2, 0) is 0 Å². The van der Waals surface area contributed by atoms with Gasteiger partial charge in [0.05, 0.1) is 23.3 Å². The predicted molar refractivity (Wildman–Crippen MR) is 89.0 cm³/mol. The molecule has 2 aromatic heterocycles. The second-order valence-electron chi connectivity index (χ2n) is 4.94. The van der Waals surface area contributed by atoms with Gasteiger partial charge in [-0.15, -0.1) is 0 Å². The third kappa shape index (κ3) is 2.92. The van der Waals surface area contributed by atoms with Crippen molar-refractivity contribution in [1.29, 1.82) is 0 Å². The molecule has 0 aliphatic rings. The molecule has 0 saturated carbocycles. The van der Waals surface area contributed by atoms with Crippen molar-refractivity contribution in [2.24, 2.45) is 0 Å². The Hall–Kier alpha value is -2.46. The monoisotopic (exact) mass is 310 g/mol. The SMILES string of the molecule is Cc1nn(-c2ccc(Cl)cc2)c(C)c1/C=C/c1cnccn1. The lowest BCUT2D eigenvalue weighted by Gasteiger charge is -2.04. The number of aromatic nitrogens is 4. The third-order valence-corrected chi connectivity index (χ3v) is 3.67. The van der Waals surface area contributed by atoms with Gasteiger partial charge in [-0.1, -0.05) is 11.6 Å². The van der Waals surface area contributed by atoms with Crippen LogP contribution in [0.15, 0.2) is 42.9 Å². The van der Waals surface area contributed by atoms with Gasteiger partial charge in [0.2, 0.25) is 0 Å². The maximum Gasteiger partial charge on any atom is 0.0813 e. The van der Waals surface area contributed by atoms with Crippen LogP contribution in [0.25, 0.3) is 17.8 Å². The van der Waals surface area contributed by atoms with Crippen molar-refractivity contribution in [2.45, 2.75) is 13.8 Å². The normalized spacial score (nSPS) is 11.2. The smallest absolute Gasteiger partial charge is 0.0813 e. The number of rotatable bonds is 3. The van der Waals surface area contributed by atoms with E-state index in [0.717, 1.165) is 28.3 Å². The highest BCUT2D eigenvalue weighted by atomic mass is 35.5. The molecule has 0 spiro atoms. The molecule has 22 heavy (non-hydrogen) atoms. The molecule has 110 valence electrons. The van der Waals surface area contributed by atoms with Crippen LogP contribution in [0.2, 0.25) is 5.02 Å². The Morgan fingerprint density at radius 2 is 1.82 bits per heavy atom. The standard InChI is InChI=1S/C17H15ClN4/c1-12-17(8-5-15-11-19-9-10-20-15)13(2)22(21-12)16-6-3-14(18)4-7-16/h3-11H,1-2H3/b8-5+. The summed E-state index contributed by atoms with van der Waals surface area (Å²) in [6.07, 6.45) is 9.03. The molecule has 0 aliphatic heterocycles. The molecule has 3 aromatic rings. The van der Waals surface area contributed by atoms with Crippen molar-refractivity contribution in [3.63, 3.8) is 0 Å². The summed E-state index contributed by atoms with van der Waals surface area (Å²) in [5.41, 5.74) is 4.93. The zero-order valence-corrected chi connectivity index (χ0v) is 13.1. The lowest BCUT2D eigenvalue weighted by Crippen LogP contribution is -1.98. The van der Waals surface area contributed by atoms with Crippen molar-refractivity contribution in [1.82, 2.24) is 19.7 Å². The second kappa shape index (κ2) is 6.12. The molecule has 0 fully saturated rings. The van der Waals surface area contributed by atoms with E-state index >= 15 is 0 Å². The summed E-state index contributed by atoms with van der Waals surface area (Å²) in [6, 6.07) is 7.64. The Morgan fingerprint density at radius 1 is 1.05 bits per heavy atom. The van der Waals surface area contributed by atoms with Gasteiger partial charge in [-0.25, -0.2) is 4.68 Å². The van der Waals surface area contributed by atoms with Crippen LogP contribution in [0.1, 0.15) is 22.6 Å². The number of aryl methyl sites for hydroxylation is 1. The molecule has 4 nitrogen and oxygen atoms in total. The van der Waals surface area contributed by atoms with Gasteiger partial charge in [0.25, 0.3) is 0 Å². The zero-order valence-electron chi connectivity index (χ0n) is 12.4. The van der Waals surface area contributed by atoms with Gasteiger partial charge in [0.15, 0.2) is 0 Å². The van der Waals surface area contributed by atoms with Crippen LogP contribution in [-0.4, -0.2) is 19.7 Å². The average Bonchev–Trinajstić information content (AvgIpc) is 2.82. The van der Waals surface area contributed by atoms with Crippen LogP contribution in [0.5, 0.6) is 0 Å². The van der Waals surface area contributed by atoms with E-state index in [1.54, 1.807) is 18.6 Å². The maximum atomic E-state index is 5.94. The topological polar surface area (TPSA) is 43.6 Å². The summed E-state index contributed by atoms with van der Waals surface area (Å²) in [5.74, 6) is 0. The summed E-state index contributed by atoms with van der Waals surface area (Å²) in [6.45, 7) is 4.04. The molecule has 0 aliphatic carbocycles. The van der Waals surface area contributed by atoms with Crippen molar-refractivity contribution in [3.05, 3.63) is 70.5 Å². The zero-order chi connectivity index (χ0) is 15.5. The van der Waals surface area contributed by atoms with Gasteiger partial charge in [-0.2, -0.15) is 5.10 Å². The molecule has 3 rings (SSSR count). The fourth-order valence-electron chi connectivity index (χ4n) is 2.30. The van der Waals surface area contributed by atoms with E-state index in [-0.39, 0.29) is 0 Å². The summed E-state index contributed by atoms with van der Waals surface area (Å²) in [5, 5.41) is 5.32. The average molecular weight is 311 g/mol. The fraction of sp³-hybridized carbons (Fsp3) is 0.118.